The van der Waals surface area contributed by atoms with Crippen LogP contribution in [0.3, 0.4) is 0 Å². The van der Waals surface area contributed by atoms with Gasteiger partial charge >= 0.3 is 6.09 Å². The average molecular weight is 262 g/mol. The molecule has 0 fully saturated rings. The zero-order valence-corrected chi connectivity index (χ0v) is 10.4. The second-order valence-electron chi connectivity index (χ2n) is 4.25. The molecule has 0 aliphatic heterocycles. The zero-order valence-electron chi connectivity index (χ0n) is 10.4. The topological polar surface area (TPSA) is 55.1 Å². The van der Waals surface area contributed by atoms with Crippen molar-refractivity contribution < 1.29 is 9.90 Å². The molecule has 0 aliphatic rings. The van der Waals surface area contributed by atoms with Gasteiger partial charge in [-0.2, -0.15) is 9.78 Å². The number of hydrogen-bond donors (Lipinski definition) is 1. The Morgan fingerprint density at radius 2 is 1.85 bits per heavy atom. The van der Waals surface area contributed by atoms with Crippen molar-refractivity contribution in [2.75, 3.05) is 0 Å². The molecule has 1 aromatic heterocycles. The Kier molecular flexibility index (Phi) is 2.73. The molecule has 0 saturated heterocycles. The summed E-state index contributed by atoms with van der Waals surface area (Å²) in [7, 11) is 0. The van der Waals surface area contributed by atoms with Gasteiger partial charge in [-0.05, 0) is 12.1 Å². The van der Waals surface area contributed by atoms with Gasteiger partial charge in [0, 0.05) is 16.5 Å². The van der Waals surface area contributed by atoms with Gasteiger partial charge in [-0.3, -0.25) is 0 Å². The minimum Gasteiger partial charge on any atom is -0.463 e. The van der Waals surface area contributed by atoms with E-state index in [1.807, 2.05) is 36.4 Å². The molecule has 0 radical (unpaired) electrons. The van der Waals surface area contributed by atoms with E-state index in [4.69, 9.17) is 6.42 Å². The van der Waals surface area contributed by atoms with Crippen LogP contribution in [0.5, 0.6) is 0 Å². The highest BCUT2D eigenvalue weighted by Crippen LogP contribution is 2.29. The Morgan fingerprint density at radius 3 is 2.60 bits per heavy atom. The number of fused-ring (bicyclic) bond motifs is 1. The van der Waals surface area contributed by atoms with E-state index >= 15 is 0 Å². The van der Waals surface area contributed by atoms with Crippen molar-refractivity contribution in [3.8, 4) is 23.6 Å². The van der Waals surface area contributed by atoms with Gasteiger partial charge in [0.15, 0.2) is 0 Å². The molecule has 0 bridgehead atoms. The maximum atomic E-state index is 11.3. The number of carboxylic acid groups (broad SMARTS) is 1. The van der Waals surface area contributed by atoms with E-state index in [1.165, 1.54) is 0 Å². The highest BCUT2D eigenvalue weighted by atomic mass is 16.4. The maximum Gasteiger partial charge on any atom is 0.432 e. The van der Waals surface area contributed by atoms with Crippen LogP contribution in [0.15, 0.2) is 48.5 Å². The molecule has 20 heavy (non-hydrogen) atoms. The molecule has 3 rings (SSSR count). The summed E-state index contributed by atoms with van der Waals surface area (Å²) in [5.74, 6) is 2.60. The van der Waals surface area contributed by atoms with E-state index in [9.17, 15) is 9.90 Å². The average Bonchev–Trinajstić information content (AvgIpc) is 2.87. The molecule has 2 aromatic carbocycles. The first-order valence-electron chi connectivity index (χ1n) is 5.99. The lowest BCUT2D eigenvalue weighted by molar-refractivity contribution is 0.194. The minimum absolute atomic E-state index is 0.543. The molecule has 4 nitrogen and oxygen atoms in total. The Labute approximate surface area is 115 Å². The molecular weight excluding hydrogens is 252 g/mol. The Balaban J connectivity index is 2.38. The molecule has 3 aromatic rings. The highest BCUT2D eigenvalue weighted by molar-refractivity contribution is 5.98. The number of nitrogens with zero attached hydrogens (tertiary/aromatic N) is 2. The molecule has 0 aliphatic carbocycles. The van der Waals surface area contributed by atoms with Gasteiger partial charge < -0.3 is 5.11 Å². The van der Waals surface area contributed by atoms with Gasteiger partial charge in [0.05, 0.1) is 5.52 Å². The van der Waals surface area contributed by atoms with Crippen molar-refractivity contribution in [2.24, 2.45) is 0 Å². The zero-order chi connectivity index (χ0) is 14.1. The van der Waals surface area contributed by atoms with Crippen molar-refractivity contribution in [1.82, 2.24) is 9.78 Å². The van der Waals surface area contributed by atoms with Crippen LogP contribution in [0.1, 0.15) is 5.56 Å². The van der Waals surface area contributed by atoms with E-state index in [2.05, 4.69) is 11.0 Å². The van der Waals surface area contributed by atoms with Gasteiger partial charge in [-0.15, -0.1) is 6.42 Å². The summed E-state index contributed by atoms with van der Waals surface area (Å²) in [6, 6.07) is 14.5. The van der Waals surface area contributed by atoms with Crippen LogP contribution in [-0.4, -0.2) is 21.0 Å². The van der Waals surface area contributed by atoms with Crippen LogP contribution in [0.2, 0.25) is 0 Å². The van der Waals surface area contributed by atoms with Crippen LogP contribution >= 0.6 is 0 Å². The van der Waals surface area contributed by atoms with Crippen molar-refractivity contribution in [3.05, 3.63) is 54.1 Å². The summed E-state index contributed by atoms with van der Waals surface area (Å²) in [6.45, 7) is 0. The summed E-state index contributed by atoms with van der Waals surface area (Å²) >= 11 is 0. The molecule has 0 unspecified atom stereocenters. The molecule has 4 heteroatoms. The number of aromatic nitrogens is 2. The van der Waals surface area contributed by atoms with Crippen molar-refractivity contribution in [2.45, 2.75) is 0 Å². The van der Waals surface area contributed by atoms with Crippen LogP contribution in [-0.2, 0) is 0 Å². The highest BCUT2D eigenvalue weighted by Gasteiger charge is 2.16. The lowest BCUT2D eigenvalue weighted by atomic mass is 10.0. The third kappa shape index (κ3) is 1.73. The second-order valence-corrected chi connectivity index (χ2v) is 4.25. The Hall–Kier alpha value is -3.06. The summed E-state index contributed by atoms with van der Waals surface area (Å²) in [4.78, 5) is 11.3. The Morgan fingerprint density at radius 1 is 1.15 bits per heavy atom. The van der Waals surface area contributed by atoms with Gasteiger partial charge in [0.25, 0.3) is 0 Å². The fourth-order valence-corrected chi connectivity index (χ4v) is 2.23. The SMILES string of the molecule is C#Cc1ccccc1-c1nn(C(=O)O)c2ccccc12. The first kappa shape index (κ1) is 12.0. The number of para-hydroxylation sites is 1. The van der Waals surface area contributed by atoms with Crippen molar-refractivity contribution in [3.63, 3.8) is 0 Å². The lowest BCUT2D eigenvalue weighted by Crippen LogP contribution is -2.09. The van der Waals surface area contributed by atoms with E-state index in [-0.39, 0.29) is 0 Å². The molecule has 0 atom stereocenters. The molecule has 96 valence electrons. The Bertz CT molecular complexity index is 856. The van der Waals surface area contributed by atoms with Crippen LogP contribution < -0.4 is 0 Å². The van der Waals surface area contributed by atoms with E-state index in [1.54, 1.807) is 12.1 Å². The molecule has 1 N–H and O–H groups in total. The number of benzene rings is 2. The summed E-state index contributed by atoms with van der Waals surface area (Å²) in [5, 5.41) is 14.2. The predicted octanol–water partition coefficient (Wildman–Crippen LogP) is 3.21. The summed E-state index contributed by atoms with van der Waals surface area (Å²) < 4.78 is 0.970. The summed E-state index contributed by atoms with van der Waals surface area (Å²) in [5.41, 5.74) is 2.57. The van der Waals surface area contributed by atoms with Crippen molar-refractivity contribution >= 4 is 17.0 Å². The summed E-state index contributed by atoms with van der Waals surface area (Å²) in [6.07, 6.45) is 4.38. The molecule has 0 saturated carbocycles. The largest absolute Gasteiger partial charge is 0.463 e. The van der Waals surface area contributed by atoms with Gasteiger partial charge in [0.1, 0.15) is 5.69 Å². The van der Waals surface area contributed by atoms with Crippen LogP contribution in [0, 0.1) is 12.3 Å². The van der Waals surface area contributed by atoms with Crippen LogP contribution in [0.25, 0.3) is 22.2 Å². The smallest absolute Gasteiger partial charge is 0.432 e. The van der Waals surface area contributed by atoms with Gasteiger partial charge in [-0.1, -0.05) is 42.3 Å². The fraction of sp³-hybridized carbons (Fsp3) is 0. The number of hydrogen-bond acceptors (Lipinski definition) is 2. The lowest BCUT2D eigenvalue weighted by Gasteiger charge is -2.01. The molecule has 1 heterocycles. The van der Waals surface area contributed by atoms with E-state index < -0.39 is 6.09 Å². The normalized spacial score (nSPS) is 10.3. The fourth-order valence-electron chi connectivity index (χ4n) is 2.23. The standard InChI is InChI=1S/C16H10N2O2/c1-2-11-7-3-4-8-12(11)15-13-9-5-6-10-14(13)18(17-15)16(19)20/h1,3-10H,(H,19,20). The molecule has 0 spiro atoms. The minimum atomic E-state index is -1.12. The molecular formula is C16H10N2O2. The van der Waals surface area contributed by atoms with E-state index in [0.29, 0.717) is 16.8 Å². The monoisotopic (exact) mass is 262 g/mol. The predicted molar refractivity (Wildman–Crippen MR) is 76.5 cm³/mol. The first-order valence-corrected chi connectivity index (χ1v) is 5.99. The second kappa shape index (κ2) is 4.56. The van der Waals surface area contributed by atoms with Gasteiger partial charge in [-0.25, -0.2) is 4.79 Å². The van der Waals surface area contributed by atoms with Gasteiger partial charge in [0.2, 0.25) is 0 Å². The van der Waals surface area contributed by atoms with Crippen molar-refractivity contribution in [1.29, 1.82) is 0 Å². The third-order valence-corrected chi connectivity index (χ3v) is 3.11. The quantitative estimate of drug-likeness (QED) is 0.685. The van der Waals surface area contributed by atoms with E-state index in [0.717, 1.165) is 15.6 Å². The first-order chi connectivity index (χ1) is 9.72. The maximum absolute atomic E-state index is 11.3. The number of carbonyl (C=O) groups is 1. The van der Waals surface area contributed by atoms with Crippen LogP contribution in [0.4, 0.5) is 4.79 Å². The number of rotatable bonds is 1. The number of terminal acetylenes is 1. The molecule has 0 amide bonds. The third-order valence-electron chi connectivity index (χ3n) is 3.11.